The molecule has 0 fully saturated rings. The number of carbonyl (C=O) groups is 4. The highest BCUT2D eigenvalue weighted by molar-refractivity contribution is 7.16. The number of unbranched alkanes of at least 4 members (excludes halogenated alkanes) is 18. The first-order chi connectivity index (χ1) is 36.7. The number of azo groups is 1. The van der Waals surface area contributed by atoms with Crippen LogP contribution in [0.1, 0.15) is 190 Å². The summed E-state index contributed by atoms with van der Waals surface area (Å²) in [5.74, 6) is -1.67. The zero-order valence-electron chi connectivity index (χ0n) is 46.2. The SMILES string of the molecule is CCCCCCCCC/C=C/CC(C=O)CC(=O)OCCOCCOCCN(CCOCCOC(=O)CC(C=O)C/C=C/CCCCCCCCCCCCC)c1ccc(/N=N/c2sc(C#N)c(C)c2C#N)c(C)c1. The van der Waals surface area contributed by atoms with Crippen molar-refractivity contribution in [3.05, 3.63) is 64.1 Å². The summed E-state index contributed by atoms with van der Waals surface area (Å²) in [6, 6.07) is 9.98. The molecule has 1 aromatic carbocycles. The molecule has 0 saturated carbocycles. The third kappa shape index (κ3) is 32.2. The van der Waals surface area contributed by atoms with E-state index in [-0.39, 0.29) is 39.3 Å². The third-order valence-corrected chi connectivity index (χ3v) is 14.0. The number of anilines is 1. The minimum atomic E-state index is -0.426. The zero-order chi connectivity index (χ0) is 54.4. The van der Waals surface area contributed by atoms with Crippen molar-refractivity contribution in [2.75, 3.05) is 70.8 Å². The Morgan fingerprint density at radius 1 is 0.600 bits per heavy atom. The van der Waals surface area contributed by atoms with Gasteiger partial charge in [0.2, 0.25) is 0 Å². The number of ether oxygens (including phenoxy) is 5. The highest BCUT2D eigenvalue weighted by Gasteiger charge is 2.17. The first-order valence-electron chi connectivity index (χ1n) is 28.2. The molecule has 1 aromatic heterocycles. The van der Waals surface area contributed by atoms with Crippen LogP contribution in [0.2, 0.25) is 0 Å². The van der Waals surface area contributed by atoms with Crippen molar-refractivity contribution in [2.45, 2.75) is 182 Å². The smallest absolute Gasteiger partial charge is 0.306 e. The van der Waals surface area contributed by atoms with Gasteiger partial charge in [-0.2, -0.15) is 10.5 Å². The highest BCUT2D eigenvalue weighted by Crippen LogP contribution is 2.36. The summed E-state index contributed by atoms with van der Waals surface area (Å²) in [6.45, 7) is 11.0. The van der Waals surface area contributed by atoms with Gasteiger partial charge in [0, 0.05) is 30.6 Å². The molecule has 0 radical (unpaired) electrons. The molecule has 0 aliphatic carbocycles. The summed E-state index contributed by atoms with van der Waals surface area (Å²) in [6.07, 6.45) is 36.1. The highest BCUT2D eigenvalue weighted by atomic mass is 32.1. The summed E-state index contributed by atoms with van der Waals surface area (Å²) in [7, 11) is 0. The van der Waals surface area contributed by atoms with Gasteiger partial charge in [0.25, 0.3) is 0 Å². The molecule has 0 spiro atoms. The molecule has 0 aliphatic rings. The standard InChI is InChI=1S/C60H91N5O9S/c1-5-7-9-11-13-15-17-18-19-20-22-24-26-28-29-52(48-66)44-58(68)73-41-39-71-36-34-65(54-31-32-56(50(3)43-54)63-64-60-55(46-61)51(4)57(47-62)75-60)33-35-70-37-38-72-40-42-74-59(69)45-53(49-67)30-27-25-23-21-16-14-12-10-8-6-2/h25-28,31-32,43,48-49,52-53H,5-24,29-30,33-42,44-45H2,1-4H3/b27-25+,28-26+,64-63+. The summed E-state index contributed by atoms with van der Waals surface area (Å²) >= 11 is 1.13. The summed E-state index contributed by atoms with van der Waals surface area (Å²) in [5.41, 5.74) is 3.29. The van der Waals surface area contributed by atoms with Crippen molar-refractivity contribution >= 4 is 52.2 Å². The van der Waals surface area contributed by atoms with Crippen molar-refractivity contribution in [1.82, 2.24) is 0 Å². The molecule has 75 heavy (non-hydrogen) atoms. The minimum absolute atomic E-state index is 0.0292. The summed E-state index contributed by atoms with van der Waals surface area (Å²) < 4.78 is 28.1. The number of nitrogens with zero attached hydrogens (tertiary/aromatic N) is 5. The normalized spacial score (nSPS) is 12.3. The summed E-state index contributed by atoms with van der Waals surface area (Å²) in [4.78, 5) is 50.8. The van der Waals surface area contributed by atoms with Gasteiger partial charge in [0.1, 0.15) is 42.8 Å². The maximum atomic E-state index is 12.6. The van der Waals surface area contributed by atoms with Crippen LogP contribution >= 0.6 is 11.3 Å². The average molecular weight is 1060 g/mol. The van der Waals surface area contributed by atoms with Gasteiger partial charge in [0.05, 0.1) is 63.7 Å². The largest absolute Gasteiger partial charge is 0.463 e. The van der Waals surface area contributed by atoms with Crippen molar-refractivity contribution in [2.24, 2.45) is 22.1 Å². The molecule has 2 rings (SSSR count). The number of allylic oxidation sites excluding steroid dienone is 4. The van der Waals surface area contributed by atoms with Crippen molar-refractivity contribution in [3.63, 3.8) is 0 Å². The van der Waals surface area contributed by atoms with Crippen LogP contribution in [0.15, 0.2) is 52.7 Å². The molecular formula is C60H91N5O9S. The van der Waals surface area contributed by atoms with Gasteiger partial charge in [0.15, 0.2) is 5.00 Å². The number of hydrogen-bond donors (Lipinski definition) is 0. The van der Waals surface area contributed by atoms with Crippen LogP contribution in [0, 0.1) is 48.3 Å². The quantitative estimate of drug-likeness (QED) is 0.0201. The lowest BCUT2D eigenvalue weighted by Gasteiger charge is -2.25. The van der Waals surface area contributed by atoms with Crippen LogP contribution in [0.5, 0.6) is 0 Å². The molecule has 0 saturated heterocycles. The molecule has 0 amide bonds. The molecule has 15 heteroatoms. The first-order valence-corrected chi connectivity index (χ1v) is 29.0. The third-order valence-electron chi connectivity index (χ3n) is 12.9. The van der Waals surface area contributed by atoms with Crippen LogP contribution in [-0.4, -0.2) is 90.5 Å². The Bertz CT molecular complexity index is 2040. The van der Waals surface area contributed by atoms with Gasteiger partial charge in [-0.3, -0.25) is 9.59 Å². The van der Waals surface area contributed by atoms with Crippen LogP contribution in [-0.2, 0) is 42.9 Å². The molecule has 0 aliphatic heterocycles. The lowest BCUT2D eigenvalue weighted by atomic mass is 10.0. The fourth-order valence-corrected chi connectivity index (χ4v) is 9.15. The second kappa shape index (κ2) is 45.2. The predicted octanol–water partition coefficient (Wildman–Crippen LogP) is 14.6. The van der Waals surface area contributed by atoms with Crippen molar-refractivity contribution < 1.29 is 42.9 Å². The lowest BCUT2D eigenvalue weighted by molar-refractivity contribution is -0.147. The van der Waals surface area contributed by atoms with Crippen LogP contribution < -0.4 is 4.90 Å². The fraction of sp³-hybridized carbons (Fsp3) is 0.667. The number of aryl methyl sites for hydroxylation is 1. The van der Waals surface area contributed by atoms with E-state index >= 15 is 0 Å². The Hall–Kier alpha value is -5.06. The molecule has 2 unspecified atom stereocenters. The molecule has 2 aromatic rings. The van der Waals surface area contributed by atoms with Gasteiger partial charge in [-0.25, -0.2) is 0 Å². The molecular weight excluding hydrogens is 967 g/mol. The number of esters is 2. The van der Waals surface area contributed by atoms with Crippen LogP contribution in [0.25, 0.3) is 0 Å². The van der Waals surface area contributed by atoms with Gasteiger partial charge >= 0.3 is 11.9 Å². The van der Waals surface area contributed by atoms with Crippen molar-refractivity contribution in [3.8, 4) is 12.1 Å². The molecule has 416 valence electrons. The van der Waals surface area contributed by atoms with Gasteiger partial charge in [-0.05, 0) is 81.7 Å². The first kappa shape index (κ1) is 66.1. The predicted molar refractivity (Wildman–Crippen MR) is 300 cm³/mol. The number of benzene rings is 1. The number of hydrogen-bond acceptors (Lipinski definition) is 15. The van der Waals surface area contributed by atoms with E-state index in [2.05, 4.69) is 53.3 Å². The Morgan fingerprint density at radius 3 is 1.49 bits per heavy atom. The van der Waals surface area contributed by atoms with E-state index in [0.717, 1.165) is 60.8 Å². The number of rotatable bonds is 48. The Labute approximate surface area is 454 Å². The molecule has 1 heterocycles. The maximum Gasteiger partial charge on any atom is 0.306 e. The van der Waals surface area contributed by atoms with Gasteiger partial charge in [-0.15, -0.1) is 21.6 Å². The lowest BCUT2D eigenvalue weighted by Crippen LogP contribution is -2.31. The van der Waals surface area contributed by atoms with E-state index in [0.29, 0.717) is 79.1 Å². The van der Waals surface area contributed by atoms with Crippen LogP contribution in [0.3, 0.4) is 0 Å². The molecule has 2 atom stereocenters. The van der Waals surface area contributed by atoms with Gasteiger partial charge in [-0.1, -0.05) is 141 Å². The second-order valence-corrected chi connectivity index (χ2v) is 20.2. The monoisotopic (exact) mass is 1060 g/mol. The number of thiophene rings is 1. The van der Waals surface area contributed by atoms with E-state index < -0.39 is 23.8 Å². The molecule has 14 nitrogen and oxygen atoms in total. The average Bonchev–Trinajstić information content (AvgIpc) is 3.73. The topological polar surface area (TPSA) is 190 Å². The van der Waals surface area contributed by atoms with Crippen molar-refractivity contribution in [1.29, 1.82) is 10.5 Å². The van der Waals surface area contributed by atoms with E-state index in [4.69, 9.17) is 23.7 Å². The zero-order valence-corrected chi connectivity index (χ0v) is 47.0. The molecule has 0 N–H and O–H groups in total. The van der Waals surface area contributed by atoms with Crippen LogP contribution in [0.4, 0.5) is 16.4 Å². The van der Waals surface area contributed by atoms with E-state index in [1.807, 2.05) is 37.3 Å². The minimum Gasteiger partial charge on any atom is -0.463 e. The Kier molecular flexibility index (Phi) is 39.8. The maximum absolute atomic E-state index is 12.6. The molecule has 0 bridgehead atoms. The number of aldehydes is 2. The van der Waals surface area contributed by atoms with Gasteiger partial charge < -0.3 is 38.2 Å². The van der Waals surface area contributed by atoms with E-state index in [1.165, 1.54) is 103 Å². The fourth-order valence-electron chi connectivity index (χ4n) is 8.27. The van der Waals surface area contributed by atoms with E-state index in [1.54, 1.807) is 6.92 Å². The summed E-state index contributed by atoms with van der Waals surface area (Å²) in [5, 5.41) is 28.2. The Morgan fingerprint density at radius 2 is 1.05 bits per heavy atom. The number of nitriles is 2. The Balaban J connectivity index is 1.78. The van der Waals surface area contributed by atoms with E-state index in [9.17, 15) is 29.7 Å². The second-order valence-electron chi connectivity index (χ2n) is 19.2. The number of carbonyl (C=O) groups excluding carboxylic acids is 4.